The maximum absolute atomic E-state index is 12.8. The standard InChI is InChI=1S/C16H24N2O2S/c1-11(2)13-15(19)18(10-16(3)6-4-7-20-16)14(17-13)12-5-8-21-9-12/h5,8-9,11,13-14,17H,4,6-7,10H2,1-3H3. The first kappa shape index (κ1) is 15.0. The van der Waals surface area contributed by atoms with Crippen molar-refractivity contribution in [3.05, 3.63) is 22.4 Å². The molecule has 4 nitrogen and oxygen atoms in total. The summed E-state index contributed by atoms with van der Waals surface area (Å²) in [6.45, 7) is 7.79. The molecule has 2 aliphatic rings. The van der Waals surface area contributed by atoms with Crippen molar-refractivity contribution in [1.29, 1.82) is 0 Å². The number of thiophene rings is 1. The van der Waals surface area contributed by atoms with Crippen molar-refractivity contribution in [2.75, 3.05) is 13.2 Å². The van der Waals surface area contributed by atoms with Crippen LogP contribution in [0, 0.1) is 5.92 Å². The highest BCUT2D eigenvalue weighted by Gasteiger charge is 2.45. The van der Waals surface area contributed by atoms with Gasteiger partial charge >= 0.3 is 0 Å². The highest BCUT2D eigenvalue weighted by Crippen LogP contribution is 2.34. The van der Waals surface area contributed by atoms with Gasteiger partial charge in [0.15, 0.2) is 0 Å². The van der Waals surface area contributed by atoms with Crippen LogP contribution in [0.2, 0.25) is 0 Å². The maximum atomic E-state index is 12.8. The van der Waals surface area contributed by atoms with Crippen LogP contribution >= 0.6 is 11.3 Å². The van der Waals surface area contributed by atoms with Crippen LogP contribution in [0.25, 0.3) is 0 Å². The first-order valence-electron chi connectivity index (χ1n) is 7.73. The molecule has 0 aliphatic carbocycles. The fraction of sp³-hybridized carbons (Fsp3) is 0.688. The molecule has 2 saturated heterocycles. The molecule has 0 aromatic carbocycles. The van der Waals surface area contributed by atoms with E-state index in [-0.39, 0.29) is 23.7 Å². The topological polar surface area (TPSA) is 41.6 Å². The van der Waals surface area contributed by atoms with Crippen LogP contribution in [-0.2, 0) is 9.53 Å². The average Bonchev–Trinajstić information content (AvgIpc) is 3.13. The van der Waals surface area contributed by atoms with E-state index in [1.807, 2.05) is 4.90 Å². The molecule has 3 rings (SSSR count). The third-order valence-electron chi connectivity index (χ3n) is 4.53. The van der Waals surface area contributed by atoms with Gasteiger partial charge in [0, 0.05) is 6.61 Å². The zero-order chi connectivity index (χ0) is 15.0. The van der Waals surface area contributed by atoms with E-state index in [9.17, 15) is 4.79 Å². The zero-order valence-corrected chi connectivity index (χ0v) is 13.8. The van der Waals surface area contributed by atoms with Crippen LogP contribution in [0.4, 0.5) is 0 Å². The van der Waals surface area contributed by atoms with E-state index < -0.39 is 0 Å². The molecular formula is C16H24N2O2S. The highest BCUT2D eigenvalue weighted by atomic mass is 32.1. The molecule has 1 N–H and O–H groups in total. The molecule has 5 heteroatoms. The molecule has 1 amide bonds. The lowest BCUT2D eigenvalue weighted by Gasteiger charge is -2.32. The van der Waals surface area contributed by atoms with Crippen molar-refractivity contribution in [2.45, 2.75) is 51.4 Å². The lowest BCUT2D eigenvalue weighted by atomic mass is 10.0. The molecule has 3 heterocycles. The van der Waals surface area contributed by atoms with Crippen molar-refractivity contribution in [2.24, 2.45) is 5.92 Å². The van der Waals surface area contributed by atoms with Crippen LogP contribution < -0.4 is 5.32 Å². The zero-order valence-electron chi connectivity index (χ0n) is 13.0. The number of ether oxygens (including phenoxy) is 1. The monoisotopic (exact) mass is 308 g/mol. The Hall–Kier alpha value is -0.910. The van der Waals surface area contributed by atoms with Crippen molar-refractivity contribution in [1.82, 2.24) is 10.2 Å². The van der Waals surface area contributed by atoms with E-state index in [0.717, 1.165) is 19.4 Å². The Morgan fingerprint density at radius 1 is 1.57 bits per heavy atom. The van der Waals surface area contributed by atoms with Crippen molar-refractivity contribution in [3.63, 3.8) is 0 Å². The molecule has 2 aliphatic heterocycles. The smallest absolute Gasteiger partial charge is 0.241 e. The summed E-state index contributed by atoms with van der Waals surface area (Å²) in [6, 6.07) is 2.00. The summed E-state index contributed by atoms with van der Waals surface area (Å²) in [4.78, 5) is 14.8. The number of amides is 1. The Morgan fingerprint density at radius 2 is 2.38 bits per heavy atom. The van der Waals surface area contributed by atoms with Crippen LogP contribution in [-0.4, -0.2) is 35.6 Å². The molecular weight excluding hydrogens is 284 g/mol. The van der Waals surface area contributed by atoms with E-state index >= 15 is 0 Å². The lowest BCUT2D eigenvalue weighted by Crippen LogP contribution is -2.43. The molecule has 1 aromatic rings. The minimum Gasteiger partial charge on any atom is -0.373 e. The van der Waals surface area contributed by atoms with Gasteiger partial charge in [-0.15, -0.1) is 0 Å². The molecule has 3 unspecified atom stereocenters. The van der Waals surface area contributed by atoms with Gasteiger partial charge in [0.25, 0.3) is 0 Å². The second kappa shape index (κ2) is 5.71. The third kappa shape index (κ3) is 2.87. The number of rotatable bonds is 4. The summed E-state index contributed by atoms with van der Waals surface area (Å²) in [5, 5.41) is 7.70. The van der Waals surface area contributed by atoms with Crippen LogP contribution in [0.1, 0.15) is 45.3 Å². The predicted octanol–water partition coefficient (Wildman–Crippen LogP) is 2.77. The quantitative estimate of drug-likeness (QED) is 0.930. The Bertz CT molecular complexity index is 494. The average molecular weight is 308 g/mol. The van der Waals surface area contributed by atoms with Crippen LogP contribution in [0.3, 0.4) is 0 Å². The number of carbonyl (C=O) groups is 1. The van der Waals surface area contributed by atoms with E-state index in [2.05, 4.69) is 42.9 Å². The molecule has 116 valence electrons. The number of hydrogen-bond acceptors (Lipinski definition) is 4. The summed E-state index contributed by atoms with van der Waals surface area (Å²) in [5.74, 6) is 0.499. The normalized spacial score (nSPS) is 33.3. The van der Waals surface area contributed by atoms with E-state index in [0.29, 0.717) is 12.5 Å². The molecule has 2 fully saturated rings. The Labute approximate surface area is 130 Å². The summed E-state index contributed by atoms with van der Waals surface area (Å²) in [5.41, 5.74) is 0.982. The van der Waals surface area contributed by atoms with E-state index in [4.69, 9.17) is 4.74 Å². The van der Waals surface area contributed by atoms with Gasteiger partial charge in [0.05, 0.1) is 18.2 Å². The first-order chi connectivity index (χ1) is 10.0. The van der Waals surface area contributed by atoms with Crippen molar-refractivity contribution in [3.8, 4) is 0 Å². The number of hydrogen-bond donors (Lipinski definition) is 1. The molecule has 0 spiro atoms. The largest absolute Gasteiger partial charge is 0.373 e. The summed E-state index contributed by atoms with van der Waals surface area (Å²) in [7, 11) is 0. The number of carbonyl (C=O) groups excluding carboxylic acids is 1. The predicted molar refractivity (Wildman–Crippen MR) is 84.1 cm³/mol. The Balaban J connectivity index is 1.84. The molecule has 0 radical (unpaired) electrons. The SMILES string of the molecule is CC(C)C1NC(c2ccsc2)N(CC2(C)CCCO2)C1=O. The van der Waals surface area contributed by atoms with Gasteiger partial charge in [0.1, 0.15) is 6.17 Å². The highest BCUT2D eigenvalue weighted by molar-refractivity contribution is 7.07. The van der Waals surface area contributed by atoms with Crippen molar-refractivity contribution >= 4 is 17.2 Å². The van der Waals surface area contributed by atoms with Gasteiger partial charge in [-0.25, -0.2) is 0 Å². The maximum Gasteiger partial charge on any atom is 0.241 e. The van der Waals surface area contributed by atoms with E-state index in [1.54, 1.807) is 11.3 Å². The fourth-order valence-corrected chi connectivity index (χ4v) is 3.99. The number of nitrogens with one attached hydrogen (secondary N) is 1. The third-order valence-corrected chi connectivity index (χ3v) is 5.23. The first-order valence-corrected chi connectivity index (χ1v) is 8.67. The lowest BCUT2D eigenvalue weighted by molar-refractivity contribution is -0.134. The summed E-state index contributed by atoms with van der Waals surface area (Å²) in [6.07, 6.45) is 2.10. The van der Waals surface area contributed by atoms with Gasteiger partial charge in [0.2, 0.25) is 5.91 Å². The van der Waals surface area contributed by atoms with Gasteiger partial charge in [-0.05, 0) is 48.1 Å². The van der Waals surface area contributed by atoms with Gasteiger partial charge in [-0.2, -0.15) is 11.3 Å². The van der Waals surface area contributed by atoms with Crippen molar-refractivity contribution < 1.29 is 9.53 Å². The Morgan fingerprint density at radius 3 is 2.95 bits per heavy atom. The van der Waals surface area contributed by atoms with Gasteiger partial charge < -0.3 is 9.64 Å². The molecule has 21 heavy (non-hydrogen) atoms. The fourth-order valence-electron chi connectivity index (χ4n) is 3.31. The molecule has 0 bridgehead atoms. The molecule has 0 saturated carbocycles. The van der Waals surface area contributed by atoms with Crippen LogP contribution in [0.15, 0.2) is 16.8 Å². The second-order valence-electron chi connectivity index (χ2n) is 6.72. The number of nitrogens with zero attached hydrogens (tertiary/aromatic N) is 1. The minimum absolute atomic E-state index is 0.0165. The molecule has 3 atom stereocenters. The van der Waals surface area contributed by atoms with E-state index in [1.165, 1.54) is 5.56 Å². The minimum atomic E-state index is -0.197. The van der Waals surface area contributed by atoms with Crippen LogP contribution in [0.5, 0.6) is 0 Å². The second-order valence-corrected chi connectivity index (χ2v) is 7.50. The Kier molecular flexibility index (Phi) is 4.08. The summed E-state index contributed by atoms with van der Waals surface area (Å²) < 4.78 is 5.89. The van der Waals surface area contributed by atoms with Gasteiger partial charge in [-0.1, -0.05) is 13.8 Å². The summed E-state index contributed by atoms with van der Waals surface area (Å²) >= 11 is 1.67. The molecule has 1 aromatic heterocycles. The van der Waals surface area contributed by atoms with Gasteiger partial charge in [-0.3, -0.25) is 10.1 Å².